The number of rotatable bonds is 6. The van der Waals surface area contributed by atoms with Gasteiger partial charge in [0.05, 0.1) is 12.1 Å². The van der Waals surface area contributed by atoms with Crippen molar-refractivity contribution in [1.29, 1.82) is 0 Å². The molecule has 0 spiro atoms. The van der Waals surface area contributed by atoms with E-state index < -0.39 is 11.2 Å². The van der Waals surface area contributed by atoms with Gasteiger partial charge in [-0.2, -0.15) is 0 Å². The van der Waals surface area contributed by atoms with E-state index in [1.54, 1.807) is 42.5 Å². The van der Waals surface area contributed by atoms with E-state index >= 15 is 0 Å². The molecule has 1 atom stereocenters. The molecule has 0 fully saturated rings. The van der Waals surface area contributed by atoms with Crippen LogP contribution in [0.3, 0.4) is 0 Å². The third-order valence-corrected chi connectivity index (χ3v) is 5.35. The summed E-state index contributed by atoms with van der Waals surface area (Å²) in [5, 5.41) is 13.3. The highest BCUT2D eigenvalue weighted by molar-refractivity contribution is 8.00. The first-order valence-electron chi connectivity index (χ1n) is 6.78. The van der Waals surface area contributed by atoms with Crippen molar-refractivity contribution in [2.24, 2.45) is 0 Å². The summed E-state index contributed by atoms with van der Waals surface area (Å²) >= 11 is 2.78. The fourth-order valence-electron chi connectivity index (χ4n) is 1.84. The van der Waals surface area contributed by atoms with E-state index in [1.807, 2.05) is 18.4 Å². The molecule has 4 nitrogen and oxygen atoms in total. The molecule has 116 valence electrons. The van der Waals surface area contributed by atoms with Gasteiger partial charge in [0.1, 0.15) is 5.25 Å². The van der Waals surface area contributed by atoms with E-state index in [9.17, 15) is 9.59 Å². The van der Waals surface area contributed by atoms with Crippen LogP contribution in [0.25, 0.3) is 0 Å². The van der Waals surface area contributed by atoms with Gasteiger partial charge in [-0.05, 0) is 43.0 Å². The Bertz CT molecular complexity index is 682. The van der Waals surface area contributed by atoms with E-state index in [4.69, 9.17) is 5.11 Å². The molecule has 1 amide bonds. The summed E-state index contributed by atoms with van der Waals surface area (Å²) in [6, 6.07) is 9.09. The van der Waals surface area contributed by atoms with Crippen LogP contribution < -0.4 is 5.32 Å². The van der Waals surface area contributed by atoms with Gasteiger partial charge in [-0.15, -0.1) is 23.1 Å². The van der Waals surface area contributed by atoms with Crippen molar-refractivity contribution in [1.82, 2.24) is 5.32 Å². The molecule has 22 heavy (non-hydrogen) atoms. The van der Waals surface area contributed by atoms with Gasteiger partial charge in [-0.1, -0.05) is 12.1 Å². The molecule has 0 aliphatic rings. The van der Waals surface area contributed by atoms with E-state index in [2.05, 4.69) is 5.32 Å². The minimum absolute atomic E-state index is 0.187. The van der Waals surface area contributed by atoms with Crippen molar-refractivity contribution >= 4 is 35.0 Å². The van der Waals surface area contributed by atoms with Gasteiger partial charge in [0.15, 0.2) is 0 Å². The number of carboxylic acids is 1. The first-order valence-corrected chi connectivity index (χ1v) is 8.54. The van der Waals surface area contributed by atoms with E-state index in [1.165, 1.54) is 11.8 Å². The van der Waals surface area contributed by atoms with Crippen LogP contribution in [0.4, 0.5) is 0 Å². The summed E-state index contributed by atoms with van der Waals surface area (Å²) < 4.78 is 0. The Hall–Kier alpha value is -1.79. The van der Waals surface area contributed by atoms with Gasteiger partial charge >= 0.3 is 5.97 Å². The SMILES string of the molecule is Cc1ccsc1CNC(=O)c1ccccc1SC(C)C(=O)O. The molecule has 1 heterocycles. The third-order valence-electron chi connectivity index (χ3n) is 3.16. The fourth-order valence-corrected chi connectivity index (χ4v) is 3.61. The second-order valence-electron chi connectivity index (χ2n) is 4.80. The highest BCUT2D eigenvalue weighted by atomic mass is 32.2. The predicted molar refractivity (Wildman–Crippen MR) is 89.6 cm³/mol. The maximum atomic E-state index is 12.4. The quantitative estimate of drug-likeness (QED) is 0.792. The number of hydrogen-bond donors (Lipinski definition) is 2. The third kappa shape index (κ3) is 4.11. The highest BCUT2D eigenvalue weighted by Crippen LogP contribution is 2.27. The van der Waals surface area contributed by atoms with Crippen LogP contribution >= 0.6 is 23.1 Å². The summed E-state index contributed by atoms with van der Waals surface area (Å²) in [5.74, 6) is -1.08. The van der Waals surface area contributed by atoms with Crippen molar-refractivity contribution in [3.8, 4) is 0 Å². The summed E-state index contributed by atoms with van der Waals surface area (Å²) in [4.78, 5) is 25.1. The number of carbonyl (C=O) groups is 2. The Labute approximate surface area is 137 Å². The molecule has 0 saturated heterocycles. The van der Waals surface area contributed by atoms with Crippen LogP contribution in [0.2, 0.25) is 0 Å². The normalized spacial score (nSPS) is 11.9. The van der Waals surface area contributed by atoms with Crippen LogP contribution in [0, 0.1) is 6.92 Å². The van der Waals surface area contributed by atoms with E-state index in [-0.39, 0.29) is 5.91 Å². The smallest absolute Gasteiger partial charge is 0.316 e. The topological polar surface area (TPSA) is 66.4 Å². The Morgan fingerprint density at radius 2 is 2.05 bits per heavy atom. The van der Waals surface area contributed by atoms with Crippen LogP contribution in [0.5, 0.6) is 0 Å². The number of thioether (sulfide) groups is 1. The Morgan fingerprint density at radius 3 is 2.68 bits per heavy atom. The van der Waals surface area contributed by atoms with Gasteiger partial charge in [0, 0.05) is 9.77 Å². The van der Waals surface area contributed by atoms with Gasteiger partial charge in [0.25, 0.3) is 5.91 Å². The van der Waals surface area contributed by atoms with E-state index in [0.29, 0.717) is 17.0 Å². The molecule has 0 aliphatic heterocycles. The van der Waals surface area contributed by atoms with E-state index in [0.717, 1.165) is 10.4 Å². The molecule has 0 bridgehead atoms. The largest absolute Gasteiger partial charge is 0.480 e. The van der Waals surface area contributed by atoms with Gasteiger partial charge in [0.2, 0.25) is 0 Å². The number of amides is 1. The maximum Gasteiger partial charge on any atom is 0.316 e. The summed E-state index contributed by atoms with van der Waals surface area (Å²) in [6.07, 6.45) is 0. The molecular formula is C16H17NO3S2. The average Bonchev–Trinajstić information content (AvgIpc) is 2.90. The summed E-state index contributed by atoms with van der Waals surface area (Å²) in [6.45, 7) is 4.10. The van der Waals surface area contributed by atoms with Crippen LogP contribution in [-0.4, -0.2) is 22.2 Å². The maximum absolute atomic E-state index is 12.4. The van der Waals surface area contributed by atoms with Gasteiger partial charge in [-0.3, -0.25) is 9.59 Å². The number of carboxylic acid groups (broad SMARTS) is 1. The lowest BCUT2D eigenvalue weighted by Gasteiger charge is -2.11. The molecule has 0 radical (unpaired) electrons. The molecule has 2 N–H and O–H groups in total. The lowest BCUT2D eigenvalue weighted by molar-refractivity contribution is -0.136. The standard InChI is InChI=1S/C16H17NO3S2/c1-10-7-8-21-14(10)9-17-15(18)12-5-3-4-6-13(12)22-11(2)16(19)20/h3-8,11H,9H2,1-2H3,(H,17,18)(H,19,20). The van der Waals surface area contributed by atoms with Crippen LogP contribution in [-0.2, 0) is 11.3 Å². The minimum atomic E-state index is -0.894. The first-order chi connectivity index (χ1) is 10.5. The monoisotopic (exact) mass is 335 g/mol. The number of carbonyl (C=O) groups excluding carboxylic acids is 1. The molecule has 1 unspecified atom stereocenters. The second kappa shape index (κ2) is 7.47. The Balaban J connectivity index is 2.09. The van der Waals surface area contributed by atoms with Crippen molar-refractivity contribution in [2.45, 2.75) is 30.5 Å². The lowest BCUT2D eigenvalue weighted by Crippen LogP contribution is -2.23. The van der Waals surface area contributed by atoms with Crippen LogP contribution in [0.15, 0.2) is 40.6 Å². The first kappa shape index (κ1) is 16.6. The van der Waals surface area contributed by atoms with Crippen molar-refractivity contribution in [3.63, 3.8) is 0 Å². The molecule has 2 aromatic rings. The molecule has 6 heteroatoms. The molecule has 0 aliphatic carbocycles. The number of aliphatic carboxylic acids is 1. The zero-order chi connectivity index (χ0) is 16.1. The average molecular weight is 335 g/mol. The van der Waals surface area contributed by atoms with Gasteiger partial charge < -0.3 is 10.4 Å². The zero-order valence-electron chi connectivity index (χ0n) is 12.3. The number of thiophene rings is 1. The number of nitrogens with one attached hydrogen (secondary N) is 1. The fraction of sp³-hybridized carbons (Fsp3) is 0.250. The predicted octanol–water partition coefficient (Wildman–Crippen LogP) is 3.55. The molecular weight excluding hydrogens is 318 g/mol. The van der Waals surface area contributed by atoms with Crippen molar-refractivity contribution in [3.05, 3.63) is 51.7 Å². The molecule has 1 aromatic carbocycles. The minimum Gasteiger partial charge on any atom is -0.480 e. The zero-order valence-corrected chi connectivity index (χ0v) is 14.0. The molecule has 0 saturated carbocycles. The second-order valence-corrected chi connectivity index (χ2v) is 7.19. The number of hydrogen-bond acceptors (Lipinski definition) is 4. The van der Waals surface area contributed by atoms with Crippen LogP contribution in [0.1, 0.15) is 27.7 Å². The Morgan fingerprint density at radius 1 is 1.32 bits per heavy atom. The van der Waals surface area contributed by atoms with Gasteiger partial charge in [-0.25, -0.2) is 0 Å². The molecule has 1 aromatic heterocycles. The Kier molecular flexibility index (Phi) is 5.63. The molecule has 2 rings (SSSR count). The lowest BCUT2D eigenvalue weighted by atomic mass is 10.2. The summed E-state index contributed by atoms with van der Waals surface area (Å²) in [5.41, 5.74) is 1.67. The number of aryl methyl sites for hydroxylation is 1. The summed E-state index contributed by atoms with van der Waals surface area (Å²) in [7, 11) is 0. The van der Waals surface area contributed by atoms with Crippen molar-refractivity contribution in [2.75, 3.05) is 0 Å². The number of benzene rings is 1. The van der Waals surface area contributed by atoms with Crippen molar-refractivity contribution < 1.29 is 14.7 Å². The highest BCUT2D eigenvalue weighted by Gasteiger charge is 2.17.